The number of nitrogens with one attached hydrogen (secondary N) is 1. The third-order valence-electron chi connectivity index (χ3n) is 5.68. The van der Waals surface area contributed by atoms with Crippen LogP contribution in [-0.4, -0.2) is 64.3 Å². The number of ether oxygens (including phenoxy) is 3. The van der Waals surface area contributed by atoms with Crippen LogP contribution in [0.3, 0.4) is 0 Å². The summed E-state index contributed by atoms with van der Waals surface area (Å²) in [6.07, 6.45) is 0.716. The number of methoxy groups -OCH3 is 3. The van der Waals surface area contributed by atoms with Gasteiger partial charge in [0.25, 0.3) is 5.91 Å². The van der Waals surface area contributed by atoms with E-state index < -0.39 is 5.92 Å². The summed E-state index contributed by atoms with van der Waals surface area (Å²) in [5.41, 5.74) is 1.33. The lowest BCUT2D eigenvalue weighted by molar-refractivity contribution is -0.125. The first kappa shape index (κ1) is 23.9. The lowest BCUT2D eigenvalue weighted by atomic mass is 9.87. The molecule has 1 aliphatic heterocycles. The summed E-state index contributed by atoms with van der Waals surface area (Å²) in [4.78, 5) is 28.0. The molecule has 7 nitrogen and oxygen atoms in total. The average Bonchev–Trinajstić information content (AvgIpc) is 3.26. The number of hydrogen-bond acceptors (Lipinski definition) is 5. The molecule has 0 radical (unpaired) electrons. The standard InChI is InChI=1S/C24H29ClN2O5/c1-30-11-5-10-26-23(28)21-15-27(24(29)16-6-4-7-17(25)12-16)14-20(21)19-13-18(31-2)8-9-22(19)32-3/h4,6-9,12-13,20-21H,5,10-11,14-15H2,1-3H3,(H,26,28)/t20-,21+/m0/s1. The summed E-state index contributed by atoms with van der Waals surface area (Å²) >= 11 is 6.08. The van der Waals surface area contributed by atoms with E-state index in [-0.39, 0.29) is 17.7 Å². The van der Waals surface area contributed by atoms with E-state index in [1.165, 1.54) is 0 Å². The lowest BCUT2D eigenvalue weighted by Gasteiger charge is -2.21. The number of nitrogens with zero attached hydrogens (tertiary/aromatic N) is 1. The zero-order valence-electron chi connectivity index (χ0n) is 18.6. The molecule has 172 valence electrons. The number of carbonyl (C=O) groups excluding carboxylic acids is 2. The van der Waals surface area contributed by atoms with Crippen molar-refractivity contribution < 1.29 is 23.8 Å². The van der Waals surface area contributed by atoms with Gasteiger partial charge in [0.15, 0.2) is 0 Å². The van der Waals surface area contributed by atoms with Crippen molar-refractivity contribution in [3.05, 3.63) is 58.6 Å². The number of rotatable bonds is 9. The summed E-state index contributed by atoms with van der Waals surface area (Å²) in [5.74, 6) is 0.392. The first-order valence-corrected chi connectivity index (χ1v) is 10.9. The van der Waals surface area contributed by atoms with Gasteiger partial charge in [-0.15, -0.1) is 0 Å². The predicted molar refractivity (Wildman–Crippen MR) is 123 cm³/mol. The molecular formula is C24H29ClN2O5. The van der Waals surface area contributed by atoms with Crippen molar-refractivity contribution in [3.8, 4) is 11.5 Å². The second-order valence-electron chi connectivity index (χ2n) is 7.68. The third kappa shape index (κ3) is 5.53. The zero-order valence-corrected chi connectivity index (χ0v) is 19.4. The highest BCUT2D eigenvalue weighted by Crippen LogP contribution is 2.40. The average molecular weight is 461 g/mol. The number of benzene rings is 2. The van der Waals surface area contributed by atoms with E-state index in [2.05, 4.69) is 5.32 Å². The van der Waals surface area contributed by atoms with Crippen molar-refractivity contribution >= 4 is 23.4 Å². The quantitative estimate of drug-likeness (QED) is 0.580. The van der Waals surface area contributed by atoms with Gasteiger partial charge in [0, 0.05) is 55.4 Å². The van der Waals surface area contributed by atoms with Crippen LogP contribution in [0, 0.1) is 5.92 Å². The third-order valence-corrected chi connectivity index (χ3v) is 5.91. The zero-order chi connectivity index (χ0) is 23.1. The molecule has 2 aromatic carbocycles. The summed E-state index contributed by atoms with van der Waals surface area (Å²) in [6.45, 7) is 1.75. The maximum absolute atomic E-state index is 13.2. The fourth-order valence-corrected chi connectivity index (χ4v) is 4.23. The molecule has 0 unspecified atom stereocenters. The van der Waals surface area contributed by atoms with E-state index in [0.29, 0.717) is 54.7 Å². The van der Waals surface area contributed by atoms with Crippen molar-refractivity contribution in [2.24, 2.45) is 5.92 Å². The van der Waals surface area contributed by atoms with Crippen molar-refractivity contribution in [1.29, 1.82) is 0 Å². The minimum absolute atomic E-state index is 0.0997. The molecule has 3 rings (SSSR count). The van der Waals surface area contributed by atoms with Crippen LogP contribution < -0.4 is 14.8 Å². The van der Waals surface area contributed by atoms with E-state index in [1.807, 2.05) is 18.2 Å². The summed E-state index contributed by atoms with van der Waals surface area (Å²) < 4.78 is 16.0. The van der Waals surface area contributed by atoms with E-state index in [4.69, 9.17) is 25.8 Å². The van der Waals surface area contributed by atoms with Gasteiger partial charge < -0.3 is 24.4 Å². The minimum Gasteiger partial charge on any atom is -0.497 e. The Morgan fingerprint density at radius 3 is 2.59 bits per heavy atom. The van der Waals surface area contributed by atoms with Gasteiger partial charge in [-0.05, 0) is 42.8 Å². The van der Waals surface area contributed by atoms with Crippen molar-refractivity contribution in [2.45, 2.75) is 12.3 Å². The molecule has 1 aliphatic rings. The highest BCUT2D eigenvalue weighted by atomic mass is 35.5. The molecule has 1 heterocycles. The van der Waals surface area contributed by atoms with Crippen LogP contribution in [0.4, 0.5) is 0 Å². The molecule has 1 saturated heterocycles. The van der Waals surface area contributed by atoms with Gasteiger partial charge in [-0.3, -0.25) is 9.59 Å². The molecule has 0 saturated carbocycles. The molecule has 8 heteroatoms. The van der Waals surface area contributed by atoms with Crippen molar-refractivity contribution in [2.75, 3.05) is 47.6 Å². The summed E-state index contributed by atoms with van der Waals surface area (Å²) in [7, 11) is 4.81. The van der Waals surface area contributed by atoms with Gasteiger partial charge in [0.05, 0.1) is 20.1 Å². The Balaban J connectivity index is 1.89. The van der Waals surface area contributed by atoms with E-state index in [9.17, 15) is 9.59 Å². The number of halogens is 1. The maximum atomic E-state index is 13.2. The minimum atomic E-state index is -0.429. The molecule has 2 amide bonds. The SMILES string of the molecule is COCCCNC(=O)[C@@H]1CN(C(=O)c2cccc(Cl)c2)C[C@H]1c1cc(OC)ccc1OC. The Labute approximate surface area is 193 Å². The molecule has 2 aromatic rings. The van der Waals surface area contributed by atoms with Gasteiger partial charge in [0.2, 0.25) is 5.91 Å². The molecule has 1 N–H and O–H groups in total. The van der Waals surface area contributed by atoms with Crippen molar-refractivity contribution in [1.82, 2.24) is 10.2 Å². The number of hydrogen-bond donors (Lipinski definition) is 1. The predicted octanol–water partition coefficient (Wildman–Crippen LogP) is 3.37. The monoisotopic (exact) mass is 460 g/mol. The van der Waals surface area contributed by atoms with Crippen LogP contribution in [0.15, 0.2) is 42.5 Å². The molecule has 1 fully saturated rings. The van der Waals surface area contributed by atoms with E-state index in [0.717, 1.165) is 5.56 Å². The Morgan fingerprint density at radius 1 is 1.09 bits per heavy atom. The highest BCUT2D eigenvalue weighted by molar-refractivity contribution is 6.30. The summed E-state index contributed by atoms with van der Waals surface area (Å²) in [6, 6.07) is 12.4. The van der Waals surface area contributed by atoms with E-state index >= 15 is 0 Å². The van der Waals surface area contributed by atoms with Gasteiger partial charge in [-0.25, -0.2) is 0 Å². The van der Waals surface area contributed by atoms with Gasteiger partial charge in [0.1, 0.15) is 11.5 Å². The van der Waals surface area contributed by atoms with Gasteiger partial charge in [-0.2, -0.15) is 0 Å². The topological polar surface area (TPSA) is 77.1 Å². The molecule has 0 spiro atoms. The molecule has 0 bridgehead atoms. The van der Waals surface area contributed by atoms with Crippen LogP contribution in [0.2, 0.25) is 5.02 Å². The molecular weight excluding hydrogens is 432 g/mol. The fourth-order valence-electron chi connectivity index (χ4n) is 4.04. The Hall–Kier alpha value is -2.77. The number of amides is 2. The second-order valence-corrected chi connectivity index (χ2v) is 8.12. The normalized spacial score (nSPS) is 17.8. The number of carbonyl (C=O) groups is 2. The van der Waals surface area contributed by atoms with Crippen LogP contribution in [0.5, 0.6) is 11.5 Å². The largest absolute Gasteiger partial charge is 0.497 e. The fraction of sp³-hybridized carbons (Fsp3) is 0.417. The van der Waals surface area contributed by atoms with Crippen LogP contribution in [0.25, 0.3) is 0 Å². The molecule has 32 heavy (non-hydrogen) atoms. The molecule has 2 atom stereocenters. The van der Waals surface area contributed by atoms with Gasteiger partial charge in [-0.1, -0.05) is 17.7 Å². The van der Waals surface area contributed by atoms with Crippen LogP contribution in [-0.2, 0) is 9.53 Å². The van der Waals surface area contributed by atoms with Gasteiger partial charge >= 0.3 is 0 Å². The molecule has 0 aromatic heterocycles. The maximum Gasteiger partial charge on any atom is 0.253 e. The first-order valence-electron chi connectivity index (χ1n) is 10.5. The molecule has 0 aliphatic carbocycles. The van der Waals surface area contributed by atoms with Crippen molar-refractivity contribution in [3.63, 3.8) is 0 Å². The first-order chi connectivity index (χ1) is 15.5. The highest BCUT2D eigenvalue weighted by Gasteiger charge is 2.41. The number of likely N-dealkylation sites (tertiary alicyclic amines) is 1. The Bertz CT molecular complexity index is 952. The Morgan fingerprint density at radius 2 is 1.91 bits per heavy atom. The van der Waals surface area contributed by atoms with E-state index in [1.54, 1.807) is 50.5 Å². The van der Waals surface area contributed by atoms with Crippen LogP contribution in [0.1, 0.15) is 28.3 Å². The Kier molecular flexibility index (Phi) is 8.36. The lowest BCUT2D eigenvalue weighted by Crippen LogP contribution is -2.36. The smallest absolute Gasteiger partial charge is 0.253 e. The van der Waals surface area contributed by atoms with Crippen LogP contribution >= 0.6 is 11.6 Å². The summed E-state index contributed by atoms with van der Waals surface area (Å²) in [5, 5.41) is 3.48. The second kappa shape index (κ2) is 11.2.